The average molecular weight is 433 g/mol. The summed E-state index contributed by atoms with van der Waals surface area (Å²) < 4.78 is 42.4. The van der Waals surface area contributed by atoms with Crippen LogP contribution in [0.25, 0.3) is 0 Å². The van der Waals surface area contributed by atoms with Gasteiger partial charge in [-0.3, -0.25) is 0 Å². The monoisotopic (exact) mass is 433 g/mol. The topological polar surface area (TPSA) is 99.2 Å². The predicted molar refractivity (Wildman–Crippen MR) is 108 cm³/mol. The molecule has 0 aromatic heterocycles. The van der Waals surface area contributed by atoms with Crippen LogP contribution in [0.5, 0.6) is 0 Å². The first-order valence-electron chi connectivity index (χ1n) is 9.36. The first-order valence-corrected chi connectivity index (χ1v) is 10.8. The summed E-state index contributed by atoms with van der Waals surface area (Å²) in [5.41, 5.74) is 1.78. The van der Waals surface area contributed by atoms with Gasteiger partial charge in [0.25, 0.3) is 0 Å². The Hall–Kier alpha value is -2.75. The van der Waals surface area contributed by atoms with Crippen molar-refractivity contribution < 1.29 is 32.2 Å². The lowest BCUT2D eigenvalue weighted by Crippen LogP contribution is -2.40. The molecule has 1 aliphatic heterocycles. The number of rotatable bonds is 6. The molecule has 1 fully saturated rings. The molecule has 2 aromatic rings. The largest absolute Gasteiger partial charge is 0.465 e. The van der Waals surface area contributed by atoms with Crippen LogP contribution in [0, 0.1) is 6.92 Å². The number of nitrogens with zero attached hydrogens (tertiary/aromatic N) is 1. The number of morpholine rings is 1. The van der Waals surface area contributed by atoms with Crippen LogP contribution in [-0.4, -0.2) is 58.1 Å². The van der Waals surface area contributed by atoms with Crippen LogP contribution < -0.4 is 0 Å². The van der Waals surface area contributed by atoms with Gasteiger partial charge in [-0.05, 0) is 42.3 Å². The third kappa shape index (κ3) is 4.86. The van der Waals surface area contributed by atoms with E-state index in [1.54, 1.807) is 37.3 Å². The quantitative estimate of drug-likeness (QED) is 0.644. The zero-order valence-electron chi connectivity index (χ0n) is 16.8. The van der Waals surface area contributed by atoms with E-state index in [0.29, 0.717) is 29.9 Å². The molecule has 160 valence electrons. The van der Waals surface area contributed by atoms with Gasteiger partial charge in [0.15, 0.2) is 0 Å². The molecule has 0 N–H and O–H groups in total. The molecule has 0 saturated carbocycles. The average Bonchev–Trinajstić information content (AvgIpc) is 2.78. The van der Waals surface area contributed by atoms with Crippen molar-refractivity contribution in [3.05, 3.63) is 64.7 Å². The Balaban J connectivity index is 1.72. The Morgan fingerprint density at radius 1 is 1.00 bits per heavy atom. The Labute approximate surface area is 175 Å². The molecule has 1 heterocycles. The van der Waals surface area contributed by atoms with Crippen molar-refractivity contribution in [1.29, 1.82) is 0 Å². The molecule has 0 amide bonds. The second kappa shape index (κ2) is 9.38. The highest BCUT2D eigenvalue weighted by Crippen LogP contribution is 2.23. The summed E-state index contributed by atoms with van der Waals surface area (Å²) in [6.07, 6.45) is 0. The van der Waals surface area contributed by atoms with E-state index < -0.39 is 22.0 Å². The van der Waals surface area contributed by atoms with Gasteiger partial charge in [0.05, 0.1) is 36.3 Å². The van der Waals surface area contributed by atoms with Crippen molar-refractivity contribution in [1.82, 2.24) is 4.31 Å². The van der Waals surface area contributed by atoms with E-state index in [-0.39, 0.29) is 30.2 Å². The minimum absolute atomic E-state index is 0.0142. The number of ether oxygens (including phenoxy) is 3. The molecule has 2 aromatic carbocycles. The first kappa shape index (κ1) is 21.9. The molecule has 3 rings (SSSR count). The zero-order chi connectivity index (χ0) is 21.7. The van der Waals surface area contributed by atoms with Crippen molar-refractivity contribution in [2.24, 2.45) is 0 Å². The SMILES string of the molecule is COC(=O)c1ccc(COC(=O)c2ccc(C)c(S(=O)(=O)N3CCOCC3)c2)cc1. The van der Waals surface area contributed by atoms with Crippen molar-refractivity contribution in [2.75, 3.05) is 33.4 Å². The van der Waals surface area contributed by atoms with Gasteiger partial charge >= 0.3 is 11.9 Å². The molecular weight excluding hydrogens is 410 g/mol. The summed E-state index contributed by atoms with van der Waals surface area (Å²) in [5, 5.41) is 0. The molecule has 0 unspecified atom stereocenters. The van der Waals surface area contributed by atoms with Crippen molar-refractivity contribution >= 4 is 22.0 Å². The molecule has 0 atom stereocenters. The Bertz CT molecular complexity index is 1030. The maximum Gasteiger partial charge on any atom is 0.338 e. The smallest absolute Gasteiger partial charge is 0.338 e. The van der Waals surface area contributed by atoms with Crippen LogP contribution in [0.4, 0.5) is 0 Å². The van der Waals surface area contributed by atoms with E-state index >= 15 is 0 Å². The van der Waals surface area contributed by atoms with Gasteiger partial charge in [-0.15, -0.1) is 0 Å². The second-order valence-electron chi connectivity index (χ2n) is 6.76. The number of carbonyl (C=O) groups excluding carboxylic acids is 2. The Morgan fingerprint density at radius 3 is 2.27 bits per heavy atom. The molecule has 1 saturated heterocycles. The molecule has 30 heavy (non-hydrogen) atoms. The molecule has 8 nitrogen and oxygen atoms in total. The molecule has 1 aliphatic rings. The molecule has 9 heteroatoms. The van der Waals surface area contributed by atoms with Gasteiger partial charge in [-0.1, -0.05) is 18.2 Å². The molecule has 0 aliphatic carbocycles. The predicted octanol–water partition coefficient (Wildman–Crippen LogP) is 2.16. The maximum atomic E-state index is 13.0. The molecule has 0 bridgehead atoms. The van der Waals surface area contributed by atoms with Gasteiger partial charge in [0.2, 0.25) is 10.0 Å². The fourth-order valence-electron chi connectivity index (χ4n) is 3.02. The summed E-state index contributed by atoms with van der Waals surface area (Å²) in [5.74, 6) is -1.09. The van der Waals surface area contributed by atoms with Crippen LogP contribution in [0.15, 0.2) is 47.4 Å². The van der Waals surface area contributed by atoms with Crippen molar-refractivity contribution in [3.63, 3.8) is 0 Å². The highest BCUT2D eigenvalue weighted by molar-refractivity contribution is 7.89. The van der Waals surface area contributed by atoms with E-state index in [1.807, 2.05) is 0 Å². The normalized spacial score (nSPS) is 14.9. The van der Waals surface area contributed by atoms with Gasteiger partial charge in [-0.2, -0.15) is 4.31 Å². The van der Waals surface area contributed by atoms with Crippen LogP contribution in [-0.2, 0) is 30.8 Å². The lowest BCUT2D eigenvalue weighted by Gasteiger charge is -2.26. The summed E-state index contributed by atoms with van der Waals surface area (Å²) >= 11 is 0. The number of hydrogen-bond donors (Lipinski definition) is 0. The standard InChI is InChI=1S/C21H23NO7S/c1-15-3-6-18(13-19(15)30(25,26)22-9-11-28-12-10-22)21(24)29-14-16-4-7-17(8-5-16)20(23)27-2/h3-8,13H,9-12,14H2,1-2H3. The van der Waals surface area contributed by atoms with Gasteiger partial charge < -0.3 is 14.2 Å². The lowest BCUT2D eigenvalue weighted by molar-refractivity contribution is 0.0471. The van der Waals surface area contributed by atoms with Gasteiger partial charge in [-0.25, -0.2) is 18.0 Å². The van der Waals surface area contributed by atoms with E-state index in [2.05, 4.69) is 4.74 Å². The zero-order valence-corrected chi connectivity index (χ0v) is 17.6. The van der Waals surface area contributed by atoms with E-state index in [1.165, 1.54) is 23.5 Å². The summed E-state index contributed by atoms with van der Waals surface area (Å²) in [6.45, 7) is 2.91. The minimum atomic E-state index is -3.73. The molecule has 0 spiro atoms. The molecule has 0 radical (unpaired) electrons. The fourth-order valence-corrected chi connectivity index (χ4v) is 4.68. The van der Waals surface area contributed by atoms with Crippen LogP contribution in [0.3, 0.4) is 0 Å². The second-order valence-corrected chi connectivity index (χ2v) is 8.67. The number of hydrogen-bond acceptors (Lipinski definition) is 7. The number of esters is 2. The maximum absolute atomic E-state index is 13.0. The van der Waals surface area contributed by atoms with Gasteiger partial charge in [0.1, 0.15) is 6.61 Å². The number of sulfonamides is 1. The first-order chi connectivity index (χ1) is 14.3. The lowest BCUT2D eigenvalue weighted by atomic mass is 10.1. The van der Waals surface area contributed by atoms with Crippen LogP contribution in [0.2, 0.25) is 0 Å². The van der Waals surface area contributed by atoms with E-state index in [0.717, 1.165) is 0 Å². The third-order valence-corrected chi connectivity index (χ3v) is 6.80. The van der Waals surface area contributed by atoms with E-state index in [9.17, 15) is 18.0 Å². The number of aryl methyl sites for hydroxylation is 1. The van der Waals surface area contributed by atoms with Crippen LogP contribution in [0.1, 0.15) is 31.8 Å². The third-order valence-electron chi connectivity index (χ3n) is 4.76. The Morgan fingerprint density at radius 2 is 1.63 bits per heavy atom. The highest BCUT2D eigenvalue weighted by Gasteiger charge is 2.28. The minimum Gasteiger partial charge on any atom is -0.465 e. The molecular formula is C21H23NO7S. The summed E-state index contributed by atoms with van der Waals surface area (Å²) in [7, 11) is -2.43. The fraction of sp³-hybridized carbons (Fsp3) is 0.333. The Kier molecular flexibility index (Phi) is 6.86. The van der Waals surface area contributed by atoms with Crippen molar-refractivity contribution in [3.8, 4) is 0 Å². The van der Waals surface area contributed by atoms with E-state index in [4.69, 9.17) is 9.47 Å². The van der Waals surface area contributed by atoms with Crippen molar-refractivity contribution in [2.45, 2.75) is 18.4 Å². The number of carbonyl (C=O) groups is 2. The summed E-state index contributed by atoms with van der Waals surface area (Å²) in [4.78, 5) is 24.0. The highest BCUT2D eigenvalue weighted by atomic mass is 32.2. The summed E-state index contributed by atoms with van der Waals surface area (Å²) in [6, 6.07) is 10.9. The van der Waals surface area contributed by atoms with Crippen LogP contribution >= 0.6 is 0 Å². The number of benzene rings is 2. The van der Waals surface area contributed by atoms with Gasteiger partial charge in [0, 0.05) is 13.1 Å². The number of methoxy groups -OCH3 is 1.